The zero-order chi connectivity index (χ0) is 29.5. The first-order chi connectivity index (χ1) is 18.7. The van der Waals surface area contributed by atoms with Gasteiger partial charge in [0.2, 0.25) is 5.91 Å². The maximum atomic E-state index is 17.3. The average Bonchev–Trinajstić information content (AvgIpc) is 3.09. The number of amides is 1. The number of aliphatic hydroxyl groups is 2. The lowest BCUT2D eigenvalue weighted by Gasteiger charge is -2.62. The van der Waals surface area contributed by atoms with Crippen LogP contribution in [0.1, 0.15) is 53.4 Å². The Morgan fingerprint density at radius 2 is 1.85 bits per heavy atom. The van der Waals surface area contributed by atoms with Crippen molar-refractivity contribution in [2.45, 2.75) is 70.8 Å². The van der Waals surface area contributed by atoms with Gasteiger partial charge in [-0.15, -0.1) is 0 Å². The number of halogens is 1. The van der Waals surface area contributed by atoms with E-state index in [1.165, 1.54) is 30.8 Å². The Labute approximate surface area is 245 Å². The second-order valence-corrected chi connectivity index (χ2v) is 13.8. The predicted octanol–water partition coefficient (Wildman–Crippen LogP) is 2.24. The lowest BCUT2D eigenvalue weighted by molar-refractivity contribution is -0.218. The summed E-state index contributed by atoms with van der Waals surface area (Å²) in [5.41, 5.74) is -5.00. The molecule has 40 heavy (non-hydrogen) atoms. The first-order valence-corrected chi connectivity index (χ1v) is 15.7. The Kier molecular flexibility index (Phi) is 8.91. The molecule has 11 heteroatoms. The molecular formula is C29H42FN3O5S2. The number of rotatable bonds is 9. The van der Waals surface area contributed by atoms with Crippen LogP contribution in [0.5, 0.6) is 0 Å². The Hall–Kier alpha value is -1.82. The van der Waals surface area contributed by atoms with Crippen molar-refractivity contribution < 1.29 is 29.0 Å². The van der Waals surface area contributed by atoms with Crippen molar-refractivity contribution in [3.05, 3.63) is 23.8 Å². The van der Waals surface area contributed by atoms with Crippen LogP contribution in [0.2, 0.25) is 0 Å². The van der Waals surface area contributed by atoms with Gasteiger partial charge >= 0.3 is 0 Å². The molecule has 4 aliphatic carbocycles. The number of allylic oxidation sites excluding steroid dienone is 4. The van der Waals surface area contributed by atoms with Gasteiger partial charge in [0, 0.05) is 49.1 Å². The predicted molar refractivity (Wildman–Crippen MR) is 157 cm³/mol. The standard InChI is InChI=1S/C29H42FN3O5S2/c1-17-13-22-21-6-5-19-14-20(35)7-8-26(19,3)28(21,30)23(36)15-27(22,4)29(17,38)24(37)16-40-12-11-33-25(39)32-10-9-31-18(2)34/h7-8,14,17,21-23,36,38H,5-6,9-13,15-16H2,1-4H3,(H,31,34)(H2,32,33,39)/t17-,21+,22+,23+,26+,27+,28+,29+/m1/s1. The van der Waals surface area contributed by atoms with Gasteiger partial charge in [-0.05, 0) is 68.8 Å². The summed E-state index contributed by atoms with van der Waals surface area (Å²) in [6.07, 6.45) is 4.64. The molecule has 0 radical (unpaired) electrons. The largest absolute Gasteiger partial charge is 0.390 e. The molecule has 1 amide bonds. The summed E-state index contributed by atoms with van der Waals surface area (Å²) < 4.78 is 17.3. The average molecular weight is 596 g/mol. The minimum Gasteiger partial charge on any atom is -0.390 e. The number of aliphatic hydroxyl groups excluding tert-OH is 1. The van der Waals surface area contributed by atoms with E-state index >= 15 is 4.39 Å². The number of carbonyl (C=O) groups excluding carboxylic acids is 3. The number of ketones is 2. The minimum atomic E-state index is -1.98. The lowest BCUT2D eigenvalue weighted by atomic mass is 9.44. The van der Waals surface area contributed by atoms with Crippen LogP contribution in [-0.2, 0) is 14.4 Å². The molecule has 0 aliphatic heterocycles. The molecule has 0 aromatic heterocycles. The Morgan fingerprint density at radius 1 is 1.18 bits per heavy atom. The fourth-order valence-corrected chi connectivity index (χ4v) is 9.13. The molecule has 5 N–H and O–H groups in total. The Bertz CT molecular complexity index is 1130. The molecule has 0 heterocycles. The fourth-order valence-electron chi connectivity index (χ4n) is 8.13. The molecule has 8 atom stereocenters. The van der Waals surface area contributed by atoms with Gasteiger partial charge in [-0.2, -0.15) is 11.8 Å². The smallest absolute Gasteiger partial charge is 0.216 e. The van der Waals surface area contributed by atoms with Gasteiger partial charge in [-0.25, -0.2) is 4.39 Å². The van der Waals surface area contributed by atoms with Gasteiger partial charge in [0.05, 0.1) is 11.9 Å². The van der Waals surface area contributed by atoms with Gasteiger partial charge < -0.3 is 26.2 Å². The van der Waals surface area contributed by atoms with Crippen LogP contribution in [0.4, 0.5) is 4.39 Å². The van der Waals surface area contributed by atoms with E-state index in [1.54, 1.807) is 13.0 Å². The normalized spacial score (nSPS) is 39.9. The molecule has 4 aliphatic rings. The number of hydrogen-bond donors (Lipinski definition) is 5. The van der Waals surface area contributed by atoms with Crippen LogP contribution in [0.3, 0.4) is 0 Å². The third-order valence-electron chi connectivity index (χ3n) is 10.2. The lowest BCUT2D eigenvalue weighted by Crippen LogP contribution is -2.69. The van der Waals surface area contributed by atoms with E-state index in [0.29, 0.717) is 55.3 Å². The summed E-state index contributed by atoms with van der Waals surface area (Å²) in [6.45, 7) is 8.42. The van der Waals surface area contributed by atoms with Crippen molar-refractivity contribution in [3.8, 4) is 0 Å². The molecule has 3 fully saturated rings. The molecule has 4 rings (SSSR count). The van der Waals surface area contributed by atoms with Crippen molar-refractivity contribution in [1.29, 1.82) is 0 Å². The van der Waals surface area contributed by atoms with E-state index in [9.17, 15) is 24.6 Å². The summed E-state index contributed by atoms with van der Waals surface area (Å²) in [6, 6.07) is 0. The van der Waals surface area contributed by atoms with E-state index in [1.807, 2.05) is 13.8 Å². The number of carbonyl (C=O) groups is 3. The van der Waals surface area contributed by atoms with E-state index < -0.39 is 34.1 Å². The monoisotopic (exact) mass is 595 g/mol. The van der Waals surface area contributed by atoms with Crippen molar-refractivity contribution >= 4 is 46.6 Å². The van der Waals surface area contributed by atoms with Gasteiger partial charge in [0.25, 0.3) is 0 Å². The number of Topliss-reactive ketones (excluding diaryl/α,β-unsaturated/α-hetero) is 1. The molecule has 0 aromatic carbocycles. The number of nitrogens with one attached hydrogen (secondary N) is 3. The topological polar surface area (TPSA) is 128 Å². The van der Waals surface area contributed by atoms with Gasteiger partial charge in [0.1, 0.15) is 5.60 Å². The number of thioether (sulfide) groups is 1. The molecule has 0 saturated heterocycles. The molecule has 0 bridgehead atoms. The molecule has 8 nitrogen and oxygen atoms in total. The highest BCUT2D eigenvalue weighted by Gasteiger charge is 2.75. The van der Waals surface area contributed by atoms with Gasteiger partial charge in [0.15, 0.2) is 22.3 Å². The van der Waals surface area contributed by atoms with Crippen molar-refractivity contribution in [3.63, 3.8) is 0 Å². The van der Waals surface area contributed by atoms with Crippen LogP contribution in [-0.4, -0.2) is 81.3 Å². The third-order valence-corrected chi connectivity index (χ3v) is 11.4. The molecule has 0 aromatic rings. The van der Waals surface area contributed by atoms with Gasteiger partial charge in [-0.3, -0.25) is 14.4 Å². The Morgan fingerprint density at radius 3 is 2.55 bits per heavy atom. The summed E-state index contributed by atoms with van der Waals surface area (Å²) >= 11 is 6.62. The van der Waals surface area contributed by atoms with Crippen molar-refractivity contribution in [2.75, 3.05) is 31.1 Å². The van der Waals surface area contributed by atoms with Crippen molar-refractivity contribution in [1.82, 2.24) is 16.0 Å². The van der Waals surface area contributed by atoms with E-state index in [2.05, 4.69) is 16.0 Å². The minimum absolute atomic E-state index is 0.0213. The van der Waals surface area contributed by atoms with Crippen LogP contribution in [0.15, 0.2) is 23.8 Å². The molecule has 3 saturated carbocycles. The highest BCUT2D eigenvalue weighted by atomic mass is 32.2. The highest BCUT2D eigenvalue weighted by Crippen LogP contribution is 2.70. The van der Waals surface area contributed by atoms with Crippen LogP contribution in [0, 0.1) is 28.6 Å². The second-order valence-electron chi connectivity index (χ2n) is 12.3. The number of fused-ring (bicyclic) bond motifs is 5. The van der Waals surface area contributed by atoms with Crippen LogP contribution in [0.25, 0.3) is 0 Å². The molecule has 0 spiro atoms. The maximum Gasteiger partial charge on any atom is 0.216 e. The quantitative estimate of drug-likeness (QED) is 0.201. The zero-order valence-corrected chi connectivity index (χ0v) is 25.4. The number of thiocarbonyl (C=S) groups is 1. The molecular weight excluding hydrogens is 553 g/mol. The second kappa shape index (κ2) is 11.5. The van der Waals surface area contributed by atoms with E-state index in [0.717, 1.165) is 0 Å². The maximum absolute atomic E-state index is 17.3. The summed E-state index contributed by atoms with van der Waals surface area (Å²) in [5.74, 6) is -1.06. The first-order valence-electron chi connectivity index (χ1n) is 14.1. The first kappa shape index (κ1) is 31.1. The van der Waals surface area contributed by atoms with Crippen molar-refractivity contribution in [2.24, 2.45) is 28.6 Å². The molecule has 222 valence electrons. The fraction of sp³-hybridized carbons (Fsp3) is 0.724. The number of alkyl halides is 1. The number of hydrogen-bond acceptors (Lipinski definition) is 7. The zero-order valence-electron chi connectivity index (χ0n) is 23.7. The van der Waals surface area contributed by atoms with Crippen LogP contribution < -0.4 is 16.0 Å². The SMILES string of the molecule is CC(=O)NCCNC(=S)NCCSCC(=O)[C@@]1(O)[C@H](C)C[C@H]2[C@@H]3CCC4=CC(=O)C=C[C@]4(C)[C@@]3(F)[C@@H](O)C[C@@]21C. The highest BCUT2D eigenvalue weighted by molar-refractivity contribution is 8.00. The van der Waals surface area contributed by atoms with Gasteiger partial charge in [-0.1, -0.05) is 25.5 Å². The third kappa shape index (κ3) is 4.94. The van der Waals surface area contributed by atoms with E-state index in [4.69, 9.17) is 12.2 Å². The van der Waals surface area contributed by atoms with Crippen LogP contribution >= 0.6 is 24.0 Å². The molecule has 0 unspecified atom stereocenters. The van der Waals surface area contributed by atoms with E-state index in [-0.39, 0.29) is 41.5 Å². The summed E-state index contributed by atoms with van der Waals surface area (Å²) in [4.78, 5) is 36.6. The Balaban J connectivity index is 1.39. The summed E-state index contributed by atoms with van der Waals surface area (Å²) in [5, 5.41) is 32.7. The summed E-state index contributed by atoms with van der Waals surface area (Å²) in [7, 11) is 0.